The van der Waals surface area contributed by atoms with Gasteiger partial charge in [-0.25, -0.2) is 0 Å². The Kier molecular flexibility index (Phi) is 7.08. The highest BCUT2D eigenvalue weighted by Gasteiger charge is 2.03. The van der Waals surface area contributed by atoms with Crippen molar-refractivity contribution in [3.63, 3.8) is 0 Å². The SMILES string of the molecule is C#CCCNCC(O)COCc1ccccc1. The average Bonchev–Trinajstić information content (AvgIpc) is 2.36. The van der Waals surface area contributed by atoms with Gasteiger partial charge in [0, 0.05) is 19.5 Å². The van der Waals surface area contributed by atoms with Crippen molar-refractivity contribution in [3.05, 3.63) is 35.9 Å². The van der Waals surface area contributed by atoms with Crippen molar-refractivity contribution in [3.8, 4) is 12.3 Å². The molecule has 17 heavy (non-hydrogen) atoms. The van der Waals surface area contributed by atoms with E-state index in [0.717, 1.165) is 12.1 Å². The summed E-state index contributed by atoms with van der Waals surface area (Å²) >= 11 is 0. The molecule has 3 nitrogen and oxygen atoms in total. The molecule has 0 bridgehead atoms. The number of rotatable bonds is 8. The summed E-state index contributed by atoms with van der Waals surface area (Å²) in [6.45, 7) is 2.10. The third-order valence-corrected chi connectivity index (χ3v) is 2.25. The maximum absolute atomic E-state index is 9.59. The topological polar surface area (TPSA) is 41.5 Å². The van der Waals surface area contributed by atoms with Crippen LogP contribution in [0.1, 0.15) is 12.0 Å². The van der Waals surface area contributed by atoms with Crippen LogP contribution in [0.25, 0.3) is 0 Å². The minimum Gasteiger partial charge on any atom is -0.389 e. The van der Waals surface area contributed by atoms with Crippen molar-refractivity contribution in [2.75, 3.05) is 19.7 Å². The minimum absolute atomic E-state index is 0.331. The molecule has 1 aromatic carbocycles. The van der Waals surface area contributed by atoms with Gasteiger partial charge in [0.2, 0.25) is 0 Å². The summed E-state index contributed by atoms with van der Waals surface area (Å²) in [5.74, 6) is 2.53. The molecule has 0 aromatic heterocycles. The van der Waals surface area contributed by atoms with Crippen LogP contribution in [0.5, 0.6) is 0 Å². The van der Waals surface area contributed by atoms with Gasteiger partial charge in [-0.05, 0) is 5.56 Å². The van der Waals surface area contributed by atoms with E-state index in [1.165, 1.54) is 0 Å². The van der Waals surface area contributed by atoms with Gasteiger partial charge in [-0.2, -0.15) is 0 Å². The fourth-order valence-corrected chi connectivity index (χ4v) is 1.38. The first-order chi connectivity index (χ1) is 8.33. The zero-order chi connectivity index (χ0) is 12.3. The van der Waals surface area contributed by atoms with Crippen LogP contribution in [0, 0.1) is 12.3 Å². The van der Waals surface area contributed by atoms with Gasteiger partial charge in [-0.15, -0.1) is 12.3 Å². The number of aliphatic hydroxyl groups is 1. The van der Waals surface area contributed by atoms with Gasteiger partial charge < -0.3 is 15.2 Å². The monoisotopic (exact) mass is 233 g/mol. The molecule has 0 saturated heterocycles. The molecule has 3 heteroatoms. The van der Waals surface area contributed by atoms with Crippen molar-refractivity contribution in [2.24, 2.45) is 0 Å². The van der Waals surface area contributed by atoms with Gasteiger partial charge in [0.15, 0.2) is 0 Å². The second kappa shape index (κ2) is 8.77. The van der Waals surface area contributed by atoms with Gasteiger partial charge in [-0.1, -0.05) is 30.3 Å². The second-order valence-electron chi connectivity index (χ2n) is 3.81. The molecule has 1 rings (SSSR count). The Morgan fingerprint density at radius 2 is 2.12 bits per heavy atom. The molecule has 1 aromatic rings. The number of aliphatic hydroxyl groups excluding tert-OH is 1. The Morgan fingerprint density at radius 1 is 1.35 bits per heavy atom. The highest BCUT2D eigenvalue weighted by Crippen LogP contribution is 2.00. The van der Waals surface area contributed by atoms with E-state index in [1.54, 1.807) is 0 Å². The normalized spacial score (nSPS) is 12.0. The van der Waals surface area contributed by atoms with Crippen LogP contribution in [0.4, 0.5) is 0 Å². The Labute approximate surface area is 103 Å². The third kappa shape index (κ3) is 6.75. The van der Waals surface area contributed by atoms with Gasteiger partial charge >= 0.3 is 0 Å². The molecule has 0 aliphatic heterocycles. The molecule has 0 aliphatic carbocycles. The number of terminal acetylenes is 1. The van der Waals surface area contributed by atoms with E-state index in [9.17, 15) is 5.11 Å². The van der Waals surface area contributed by atoms with E-state index < -0.39 is 6.10 Å². The van der Waals surface area contributed by atoms with Crippen LogP contribution in [0.3, 0.4) is 0 Å². The Bertz CT molecular complexity index is 332. The van der Waals surface area contributed by atoms with Gasteiger partial charge in [0.05, 0.1) is 19.3 Å². The summed E-state index contributed by atoms with van der Waals surface area (Å²) in [5, 5.41) is 12.6. The van der Waals surface area contributed by atoms with Crippen molar-refractivity contribution in [1.29, 1.82) is 0 Å². The molecule has 92 valence electrons. The summed E-state index contributed by atoms with van der Waals surface area (Å²) in [6, 6.07) is 9.90. The lowest BCUT2D eigenvalue weighted by Gasteiger charge is -2.11. The molecule has 0 radical (unpaired) electrons. The minimum atomic E-state index is -0.489. The molecule has 0 amide bonds. The maximum atomic E-state index is 9.59. The third-order valence-electron chi connectivity index (χ3n) is 2.25. The molecular weight excluding hydrogens is 214 g/mol. The van der Waals surface area contributed by atoms with Crippen LogP contribution < -0.4 is 5.32 Å². The standard InChI is InChI=1S/C14H19NO2/c1-2-3-9-15-10-14(16)12-17-11-13-7-5-4-6-8-13/h1,4-8,14-16H,3,9-12H2. The van der Waals surface area contributed by atoms with E-state index in [4.69, 9.17) is 11.2 Å². The zero-order valence-corrected chi connectivity index (χ0v) is 9.93. The predicted octanol–water partition coefficient (Wildman–Crippen LogP) is 1.18. The predicted molar refractivity (Wildman–Crippen MR) is 68.4 cm³/mol. The first kappa shape index (κ1) is 13.7. The molecule has 2 N–H and O–H groups in total. The van der Waals surface area contributed by atoms with E-state index >= 15 is 0 Å². The smallest absolute Gasteiger partial charge is 0.0897 e. The second-order valence-corrected chi connectivity index (χ2v) is 3.81. The number of hydrogen-bond donors (Lipinski definition) is 2. The Hall–Kier alpha value is -1.34. The van der Waals surface area contributed by atoms with Crippen LogP contribution in [0.15, 0.2) is 30.3 Å². The van der Waals surface area contributed by atoms with Gasteiger partial charge in [0.1, 0.15) is 0 Å². The highest BCUT2D eigenvalue weighted by atomic mass is 16.5. The van der Waals surface area contributed by atoms with Crippen LogP contribution >= 0.6 is 0 Å². The number of ether oxygens (including phenoxy) is 1. The fourth-order valence-electron chi connectivity index (χ4n) is 1.38. The zero-order valence-electron chi connectivity index (χ0n) is 9.93. The van der Waals surface area contributed by atoms with E-state index in [-0.39, 0.29) is 0 Å². The van der Waals surface area contributed by atoms with E-state index in [0.29, 0.717) is 26.2 Å². The fraction of sp³-hybridized carbons (Fsp3) is 0.429. The molecule has 0 aliphatic rings. The van der Waals surface area contributed by atoms with E-state index in [2.05, 4.69) is 11.2 Å². The molecule has 1 unspecified atom stereocenters. The lowest BCUT2D eigenvalue weighted by molar-refractivity contribution is 0.0290. The summed E-state index contributed by atoms with van der Waals surface area (Å²) in [6.07, 6.45) is 5.30. The maximum Gasteiger partial charge on any atom is 0.0897 e. The van der Waals surface area contributed by atoms with Crippen LogP contribution in [-0.4, -0.2) is 30.9 Å². The Balaban J connectivity index is 2.04. The summed E-state index contributed by atoms with van der Waals surface area (Å²) in [5.41, 5.74) is 1.11. The first-order valence-electron chi connectivity index (χ1n) is 5.77. The van der Waals surface area contributed by atoms with Crippen molar-refractivity contribution in [2.45, 2.75) is 19.1 Å². The Morgan fingerprint density at radius 3 is 2.82 bits per heavy atom. The van der Waals surface area contributed by atoms with E-state index in [1.807, 2.05) is 30.3 Å². The van der Waals surface area contributed by atoms with Crippen LogP contribution in [-0.2, 0) is 11.3 Å². The largest absolute Gasteiger partial charge is 0.389 e. The van der Waals surface area contributed by atoms with Gasteiger partial charge in [-0.3, -0.25) is 0 Å². The first-order valence-corrected chi connectivity index (χ1v) is 5.77. The average molecular weight is 233 g/mol. The molecular formula is C14H19NO2. The number of benzene rings is 1. The lowest BCUT2D eigenvalue weighted by Crippen LogP contribution is -2.30. The van der Waals surface area contributed by atoms with Crippen molar-refractivity contribution in [1.82, 2.24) is 5.32 Å². The van der Waals surface area contributed by atoms with Crippen LogP contribution in [0.2, 0.25) is 0 Å². The molecule has 1 atom stereocenters. The molecule has 0 spiro atoms. The quantitative estimate of drug-likeness (QED) is 0.523. The highest BCUT2D eigenvalue weighted by molar-refractivity contribution is 5.13. The van der Waals surface area contributed by atoms with Crippen molar-refractivity contribution < 1.29 is 9.84 Å². The summed E-state index contributed by atoms with van der Waals surface area (Å²) in [4.78, 5) is 0. The lowest BCUT2D eigenvalue weighted by atomic mass is 10.2. The molecule has 0 fully saturated rings. The molecule has 0 saturated carbocycles. The number of hydrogen-bond acceptors (Lipinski definition) is 3. The molecule has 0 heterocycles. The van der Waals surface area contributed by atoms with Gasteiger partial charge in [0.25, 0.3) is 0 Å². The van der Waals surface area contributed by atoms with Crippen molar-refractivity contribution >= 4 is 0 Å². The summed E-state index contributed by atoms with van der Waals surface area (Å²) < 4.78 is 5.41. The number of nitrogens with one attached hydrogen (secondary N) is 1. The summed E-state index contributed by atoms with van der Waals surface area (Å²) in [7, 11) is 0.